The fourth-order valence-electron chi connectivity index (χ4n) is 10.4. The number of imidazole rings is 1. The van der Waals surface area contributed by atoms with Crippen LogP contribution in [-0.2, 0) is 32.1 Å². The van der Waals surface area contributed by atoms with E-state index < -0.39 is 36.1 Å². The lowest BCUT2D eigenvalue weighted by Crippen LogP contribution is -2.54. The summed E-state index contributed by atoms with van der Waals surface area (Å²) in [5.41, 5.74) is 4.63. The molecule has 6 aliphatic rings. The molecule has 1 unspecified atom stereocenters. The Morgan fingerprint density at radius 3 is 2.45 bits per heavy atom. The van der Waals surface area contributed by atoms with Gasteiger partial charge in [-0.3, -0.25) is 38.9 Å². The average Bonchev–Trinajstić information content (AvgIpc) is 4.02. The molecule has 19 heteroatoms. The number of pyridine rings is 1. The molecule has 5 amide bonds. The minimum atomic E-state index is -2.87. The van der Waals surface area contributed by atoms with E-state index >= 15 is 8.78 Å². The Bertz CT molecular complexity index is 2830. The van der Waals surface area contributed by atoms with Gasteiger partial charge in [0.15, 0.2) is 5.82 Å². The van der Waals surface area contributed by atoms with Gasteiger partial charge in [-0.15, -0.1) is 0 Å². The third-order valence-corrected chi connectivity index (χ3v) is 13.8. The third-order valence-electron chi connectivity index (χ3n) is 13.8. The van der Waals surface area contributed by atoms with E-state index in [1.165, 1.54) is 6.07 Å². The molecule has 1 N–H and O–H groups in total. The van der Waals surface area contributed by atoms with Crippen LogP contribution in [0.2, 0.25) is 0 Å². The molecule has 1 atom stereocenters. The molecule has 11 rings (SSSR count). The highest BCUT2D eigenvalue weighted by molar-refractivity contribution is 6.23. The van der Waals surface area contributed by atoms with E-state index in [0.717, 1.165) is 34.7 Å². The number of imide groups is 2. The Morgan fingerprint density at radius 2 is 1.68 bits per heavy atom. The van der Waals surface area contributed by atoms with Crippen LogP contribution in [0.5, 0.6) is 11.5 Å². The number of anilines is 3. The third kappa shape index (κ3) is 7.19. The van der Waals surface area contributed by atoms with Crippen LogP contribution in [0.3, 0.4) is 0 Å². The number of nitrogens with one attached hydrogen (secondary N) is 1. The molecular weight excluding hydrogens is 857 g/mol. The van der Waals surface area contributed by atoms with Crippen LogP contribution in [0.15, 0.2) is 55.0 Å². The summed E-state index contributed by atoms with van der Waals surface area (Å²) in [6, 6.07) is 9.04. The number of amides is 5. The maximum atomic E-state index is 15.5. The lowest BCUT2D eigenvalue weighted by atomic mass is 9.97. The normalized spacial score (nSPS) is 20.5. The SMILES string of the molecule is CC(=O)N1CCc2c(c(N3CCOc4cc(-c5cc6nccn6cc5OC5CCN(c6ccc7c(c6)C(=O)N(C6CCC(=O)NC6=O)C7=O)CC5)c(C(F)F)cc43)nn2C2CCOCC2)C1. The number of halogens is 2. The van der Waals surface area contributed by atoms with Gasteiger partial charge in [0.05, 0.1) is 42.1 Å². The van der Waals surface area contributed by atoms with E-state index in [1.54, 1.807) is 65.1 Å². The van der Waals surface area contributed by atoms with Crippen molar-refractivity contribution in [3.8, 4) is 22.6 Å². The second-order valence-electron chi connectivity index (χ2n) is 17.7. The summed E-state index contributed by atoms with van der Waals surface area (Å²) in [7, 11) is 0. The van der Waals surface area contributed by atoms with Crippen molar-refractivity contribution in [3.05, 3.63) is 82.9 Å². The lowest BCUT2D eigenvalue weighted by molar-refractivity contribution is -0.136. The molecule has 3 fully saturated rings. The Kier molecular flexibility index (Phi) is 10.5. The smallest absolute Gasteiger partial charge is 0.264 e. The standard InChI is InChI=1S/C47H47F2N9O8/c1-26(59)54-14-8-36-35(24-54)44(52-58(36)27-9-17-64-18-10-27)56-16-19-65-39-22-31(33(43(48)49)21-38(39)56)32-23-41-50-11-15-55(41)25-40(32)66-29-6-12-53(13-7-29)28-2-3-30-34(20-28)47(63)57(46(30)62)37-4-5-42(60)51-45(37)61/h2-3,11,15,20-23,25,27,29,37,43H,4-10,12-14,16-19,24H2,1H3,(H,51,60,61). The zero-order valence-electron chi connectivity index (χ0n) is 36.2. The van der Waals surface area contributed by atoms with Crippen LogP contribution >= 0.6 is 0 Å². The minimum absolute atomic E-state index is 0.0347. The van der Waals surface area contributed by atoms with Crippen molar-refractivity contribution in [2.24, 2.45) is 0 Å². The van der Waals surface area contributed by atoms with Crippen LogP contribution < -0.4 is 24.6 Å². The number of piperidine rings is 2. The molecule has 3 saturated heterocycles. The Hall–Kier alpha value is -6.89. The van der Waals surface area contributed by atoms with E-state index in [1.807, 2.05) is 4.90 Å². The number of carbonyl (C=O) groups excluding carboxylic acids is 5. The molecule has 0 spiro atoms. The Balaban J connectivity index is 0.870. The molecule has 5 aromatic rings. The molecule has 0 radical (unpaired) electrons. The van der Waals surface area contributed by atoms with Gasteiger partial charge in [0.1, 0.15) is 35.9 Å². The quantitative estimate of drug-likeness (QED) is 0.198. The predicted molar refractivity (Wildman–Crippen MR) is 233 cm³/mol. The fourth-order valence-corrected chi connectivity index (χ4v) is 10.4. The number of carbonyl (C=O) groups is 5. The van der Waals surface area contributed by atoms with Crippen molar-refractivity contribution < 1.29 is 47.0 Å². The number of aromatic nitrogens is 4. The van der Waals surface area contributed by atoms with Gasteiger partial charge in [0.25, 0.3) is 18.2 Å². The first kappa shape index (κ1) is 41.8. The van der Waals surface area contributed by atoms with Crippen molar-refractivity contribution in [1.82, 2.24) is 34.3 Å². The number of rotatable bonds is 8. The van der Waals surface area contributed by atoms with Gasteiger partial charge in [-0.2, -0.15) is 5.10 Å². The molecule has 66 heavy (non-hydrogen) atoms. The maximum absolute atomic E-state index is 15.5. The second-order valence-corrected chi connectivity index (χ2v) is 17.7. The number of ether oxygens (including phenoxy) is 3. The number of benzene rings is 2. The number of fused-ring (bicyclic) bond motifs is 4. The van der Waals surface area contributed by atoms with Crippen molar-refractivity contribution in [2.75, 3.05) is 55.8 Å². The summed E-state index contributed by atoms with van der Waals surface area (Å²) < 4.78 is 53.6. The number of nitrogens with zero attached hydrogens (tertiary/aromatic N) is 8. The molecule has 342 valence electrons. The monoisotopic (exact) mass is 903 g/mol. The van der Waals surface area contributed by atoms with Gasteiger partial charge < -0.3 is 33.3 Å². The van der Waals surface area contributed by atoms with Crippen molar-refractivity contribution in [1.29, 1.82) is 0 Å². The van der Waals surface area contributed by atoms with Crippen LogP contribution in [0, 0.1) is 0 Å². The zero-order valence-corrected chi connectivity index (χ0v) is 36.2. The van der Waals surface area contributed by atoms with Crippen LogP contribution in [0.4, 0.5) is 26.0 Å². The van der Waals surface area contributed by atoms with Crippen LogP contribution in [-0.4, -0.2) is 117 Å². The molecule has 3 aromatic heterocycles. The summed E-state index contributed by atoms with van der Waals surface area (Å²) in [4.78, 5) is 75.0. The molecule has 0 aliphatic carbocycles. The molecule has 9 heterocycles. The lowest BCUT2D eigenvalue weighted by Gasteiger charge is -2.34. The summed E-state index contributed by atoms with van der Waals surface area (Å²) >= 11 is 0. The molecule has 0 bridgehead atoms. The first-order chi connectivity index (χ1) is 32.0. The Labute approximate surface area is 377 Å². The second kappa shape index (κ2) is 16.5. The molecule has 2 aromatic carbocycles. The molecule has 0 saturated carbocycles. The van der Waals surface area contributed by atoms with Crippen molar-refractivity contribution >= 4 is 52.4 Å². The molecular formula is C47H47F2N9O8. The first-order valence-electron chi connectivity index (χ1n) is 22.5. The largest absolute Gasteiger partial charge is 0.490 e. The zero-order chi connectivity index (χ0) is 45.4. The average molecular weight is 904 g/mol. The van der Waals surface area contributed by atoms with E-state index in [-0.39, 0.29) is 59.8 Å². The summed E-state index contributed by atoms with van der Waals surface area (Å²) in [6.45, 7) is 5.49. The summed E-state index contributed by atoms with van der Waals surface area (Å²) in [5, 5.41) is 7.41. The van der Waals surface area contributed by atoms with Gasteiger partial charge in [-0.1, -0.05) is 0 Å². The van der Waals surface area contributed by atoms with E-state index in [2.05, 4.69) is 19.9 Å². The highest BCUT2D eigenvalue weighted by atomic mass is 19.3. The Morgan fingerprint density at radius 1 is 0.879 bits per heavy atom. The maximum Gasteiger partial charge on any atom is 0.264 e. The summed E-state index contributed by atoms with van der Waals surface area (Å²) in [5.74, 6) is -0.808. The van der Waals surface area contributed by atoms with Gasteiger partial charge in [-0.25, -0.2) is 13.8 Å². The van der Waals surface area contributed by atoms with Gasteiger partial charge in [-0.05, 0) is 61.2 Å². The van der Waals surface area contributed by atoms with E-state index in [9.17, 15) is 24.0 Å². The van der Waals surface area contributed by atoms with Gasteiger partial charge in [0.2, 0.25) is 17.7 Å². The topological polar surface area (TPSA) is 173 Å². The van der Waals surface area contributed by atoms with Crippen LogP contribution in [0.25, 0.3) is 16.8 Å². The van der Waals surface area contributed by atoms with E-state index in [4.69, 9.17) is 19.3 Å². The number of hydrogen-bond donors (Lipinski definition) is 1. The highest BCUT2D eigenvalue weighted by Crippen LogP contribution is 2.48. The number of hydrogen-bond acceptors (Lipinski definition) is 12. The highest BCUT2D eigenvalue weighted by Gasteiger charge is 2.45. The van der Waals surface area contributed by atoms with Crippen LogP contribution in [0.1, 0.15) is 95.5 Å². The fraction of sp³-hybridized carbons (Fsp3) is 0.426. The number of alkyl halides is 2. The molecule has 6 aliphatic heterocycles. The first-order valence-corrected chi connectivity index (χ1v) is 22.5. The van der Waals surface area contributed by atoms with Gasteiger partial charge >= 0.3 is 0 Å². The summed E-state index contributed by atoms with van der Waals surface area (Å²) in [6.07, 6.45) is 5.48. The van der Waals surface area contributed by atoms with Crippen molar-refractivity contribution in [2.45, 2.75) is 83.0 Å². The minimum Gasteiger partial charge on any atom is -0.490 e. The predicted octanol–water partition coefficient (Wildman–Crippen LogP) is 5.37. The van der Waals surface area contributed by atoms with E-state index in [0.29, 0.717) is 99.4 Å². The van der Waals surface area contributed by atoms with Gasteiger partial charge in [0, 0.05) is 106 Å². The molecule has 17 nitrogen and oxygen atoms in total. The van der Waals surface area contributed by atoms with Crippen molar-refractivity contribution in [3.63, 3.8) is 0 Å².